The first-order valence-electron chi connectivity index (χ1n) is 12.2. The summed E-state index contributed by atoms with van der Waals surface area (Å²) >= 11 is 0. The second-order valence-electron chi connectivity index (χ2n) is 9.81. The molecule has 5 rings (SSSR count). The zero-order chi connectivity index (χ0) is 25.0. The zero-order valence-corrected chi connectivity index (χ0v) is 21.0. The number of carbonyl (C=O) groups is 1. The van der Waals surface area contributed by atoms with E-state index in [0.29, 0.717) is 24.6 Å². The van der Waals surface area contributed by atoms with E-state index < -0.39 is 0 Å². The van der Waals surface area contributed by atoms with Gasteiger partial charge in [-0.1, -0.05) is 0 Å². The van der Waals surface area contributed by atoms with E-state index in [-0.39, 0.29) is 11.5 Å². The molecule has 188 valence electrons. The molecular weight excluding hydrogens is 447 g/mol. The molecule has 1 aromatic carbocycles. The van der Waals surface area contributed by atoms with Crippen LogP contribution in [-0.2, 0) is 4.74 Å². The average Bonchev–Trinajstić information content (AvgIpc) is 3.34. The standard InChI is InChI=1S/C26H32N4O3.CH3F/c1-26(2)16-19(11-15-33-26)23-28-22-21(8-12-27-24(22)29-23)17-9-13-30(14-10-17)25(31)18-4-6-20(32-3)7-5-18;1-2/h4-8,12,17,19H,9-11,13-16H2,1-3H3,(H,27,28,29);1H3. The molecule has 1 amide bonds. The number of pyridine rings is 1. The highest BCUT2D eigenvalue weighted by Crippen LogP contribution is 2.37. The molecule has 4 heterocycles. The highest BCUT2D eigenvalue weighted by atomic mass is 19.1. The van der Waals surface area contributed by atoms with Gasteiger partial charge in [0.25, 0.3) is 5.91 Å². The van der Waals surface area contributed by atoms with Crippen molar-refractivity contribution in [2.45, 2.75) is 57.0 Å². The summed E-state index contributed by atoms with van der Waals surface area (Å²) in [4.78, 5) is 27.9. The van der Waals surface area contributed by atoms with Crippen molar-refractivity contribution in [2.75, 3.05) is 34.0 Å². The van der Waals surface area contributed by atoms with E-state index in [1.54, 1.807) is 7.11 Å². The lowest BCUT2D eigenvalue weighted by molar-refractivity contribution is -0.0602. The Bertz CT molecular complexity index is 1140. The van der Waals surface area contributed by atoms with Crippen LogP contribution in [0.2, 0.25) is 0 Å². The Morgan fingerprint density at radius 1 is 1.11 bits per heavy atom. The average molecular weight is 483 g/mol. The van der Waals surface area contributed by atoms with Crippen LogP contribution in [0.4, 0.5) is 4.39 Å². The molecular formula is C27H35FN4O3. The zero-order valence-electron chi connectivity index (χ0n) is 21.0. The number of hydrogen-bond donors (Lipinski definition) is 1. The number of hydrogen-bond acceptors (Lipinski definition) is 5. The maximum absolute atomic E-state index is 12.9. The number of carbonyl (C=O) groups excluding carboxylic acids is 1. The van der Waals surface area contributed by atoms with Crippen LogP contribution in [-0.4, -0.2) is 65.3 Å². The molecule has 2 fully saturated rings. The monoisotopic (exact) mass is 482 g/mol. The summed E-state index contributed by atoms with van der Waals surface area (Å²) in [6.07, 6.45) is 5.66. The molecule has 0 spiro atoms. The van der Waals surface area contributed by atoms with E-state index in [4.69, 9.17) is 14.5 Å². The van der Waals surface area contributed by atoms with E-state index in [9.17, 15) is 9.18 Å². The number of nitrogens with one attached hydrogen (secondary N) is 1. The fraction of sp³-hybridized carbons (Fsp3) is 0.519. The van der Waals surface area contributed by atoms with Gasteiger partial charge in [0, 0.05) is 37.4 Å². The Kier molecular flexibility index (Phi) is 7.69. The maximum Gasteiger partial charge on any atom is 0.253 e. The molecule has 8 heteroatoms. The third-order valence-corrected chi connectivity index (χ3v) is 7.09. The summed E-state index contributed by atoms with van der Waals surface area (Å²) in [5, 5.41) is 0. The molecule has 1 atom stereocenters. The van der Waals surface area contributed by atoms with Gasteiger partial charge >= 0.3 is 0 Å². The molecule has 0 radical (unpaired) electrons. The van der Waals surface area contributed by atoms with Gasteiger partial charge in [-0.2, -0.15) is 0 Å². The summed E-state index contributed by atoms with van der Waals surface area (Å²) in [6, 6.07) is 9.46. The third kappa shape index (κ3) is 5.48. The predicted octanol–water partition coefficient (Wildman–Crippen LogP) is 5.24. The van der Waals surface area contributed by atoms with Crippen molar-refractivity contribution in [3.63, 3.8) is 0 Å². The Morgan fingerprint density at radius 2 is 1.83 bits per heavy atom. The van der Waals surface area contributed by atoms with Crippen molar-refractivity contribution in [1.82, 2.24) is 19.9 Å². The molecule has 3 aromatic rings. The van der Waals surface area contributed by atoms with Crippen LogP contribution in [0.15, 0.2) is 36.5 Å². The first-order chi connectivity index (χ1) is 16.9. The smallest absolute Gasteiger partial charge is 0.253 e. The minimum atomic E-state index is -0.124. The molecule has 2 saturated heterocycles. The van der Waals surface area contributed by atoms with E-state index >= 15 is 0 Å². The molecule has 2 aromatic heterocycles. The van der Waals surface area contributed by atoms with Crippen LogP contribution in [0.3, 0.4) is 0 Å². The number of aromatic nitrogens is 3. The van der Waals surface area contributed by atoms with E-state index in [1.165, 1.54) is 5.56 Å². The number of methoxy groups -OCH3 is 1. The van der Waals surface area contributed by atoms with Crippen molar-refractivity contribution in [1.29, 1.82) is 0 Å². The number of aromatic amines is 1. The topological polar surface area (TPSA) is 80.3 Å². The van der Waals surface area contributed by atoms with Gasteiger partial charge in [-0.05, 0) is 81.3 Å². The number of rotatable bonds is 4. The molecule has 0 aliphatic carbocycles. The first-order valence-corrected chi connectivity index (χ1v) is 12.2. The molecule has 0 bridgehead atoms. The first kappa shape index (κ1) is 25.1. The minimum Gasteiger partial charge on any atom is -0.497 e. The van der Waals surface area contributed by atoms with Crippen LogP contribution in [0.25, 0.3) is 11.2 Å². The number of fused-ring (bicyclic) bond motifs is 1. The number of H-pyrrole nitrogens is 1. The summed E-state index contributed by atoms with van der Waals surface area (Å²) in [6.45, 7) is 6.54. The summed E-state index contributed by atoms with van der Waals surface area (Å²) in [5.41, 5.74) is 3.70. The van der Waals surface area contributed by atoms with Gasteiger partial charge < -0.3 is 19.4 Å². The van der Waals surface area contributed by atoms with Gasteiger partial charge in [-0.3, -0.25) is 9.18 Å². The predicted molar refractivity (Wildman–Crippen MR) is 134 cm³/mol. The largest absolute Gasteiger partial charge is 0.497 e. The Hall–Kier alpha value is -3.00. The number of imidazole rings is 1. The molecule has 7 nitrogen and oxygen atoms in total. The highest BCUT2D eigenvalue weighted by molar-refractivity contribution is 5.94. The van der Waals surface area contributed by atoms with E-state index in [2.05, 4.69) is 29.9 Å². The van der Waals surface area contributed by atoms with Crippen LogP contribution >= 0.6 is 0 Å². The normalized spacial score (nSPS) is 20.3. The number of amides is 1. The van der Waals surface area contributed by atoms with Gasteiger partial charge in [0.2, 0.25) is 0 Å². The number of likely N-dealkylation sites (tertiary alicyclic amines) is 1. The summed E-state index contributed by atoms with van der Waals surface area (Å²) in [7, 11) is 2.13. The Labute approximate surface area is 206 Å². The lowest BCUT2D eigenvalue weighted by Gasteiger charge is -2.34. The van der Waals surface area contributed by atoms with Crippen molar-refractivity contribution >= 4 is 17.1 Å². The van der Waals surface area contributed by atoms with Crippen LogP contribution < -0.4 is 4.74 Å². The molecule has 1 N–H and O–H groups in total. The molecule has 2 aliphatic heterocycles. The number of ether oxygens (including phenoxy) is 2. The SMILES string of the molecule is CF.COc1ccc(C(=O)N2CCC(c3ccnc4nc(C5CCOC(C)(C)C5)[nH]c34)CC2)cc1. The van der Waals surface area contributed by atoms with Gasteiger partial charge in [-0.25, -0.2) is 9.97 Å². The highest BCUT2D eigenvalue weighted by Gasteiger charge is 2.32. The number of nitrogens with zero attached hydrogens (tertiary/aromatic N) is 3. The lowest BCUT2D eigenvalue weighted by atomic mass is 9.88. The second-order valence-corrected chi connectivity index (χ2v) is 9.81. The van der Waals surface area contributed by atoms with E-state index in [0.717, 1.165) is 68.1 Å². The Morgan fingerprint density at radius 3 is 2.49 bits per heavy atom. The van der Waals surface area contributed by atoms with Crippen LogP contribution in [0.1, 0.15) is 73.1 Å². The van der Waals surface area contributed by atoms with Gasteiger partial charge in [0.05, 0.1) is 25.4 Å². The number of piperidine rings is 1. The van der Waals surface area contributed by atoms with E-state index in [1.807, 2.05) is 35.4 Å². The van der Waals surface area contributed by atoms with Crippen molar-refractivity contribution < 1.29 is 18.7 Å². The lowest BCUT2D eigenvalue weighted by Crippen LogP contribution is -2.37. The number of benzene rings is 1. The van der Waals surface area contributed by atoms with Gasteiger partial charge in [0.15, 0.2) is 5.65 Å². The molecule has 0 saturated carbocycles. The van der Waals surface area contributed by atoms with Crippen molar-refractivity contribution in [3.8, 4) is 5.75 Å². The maximum atomic E-state index is 12.9. The van der Waals surface area contributed by atoms with Crippen molar-refractivity contribution in [3.05, 3.63) is 53.5 Å². The molecule has 2 aliphatic rings. The Balaban J connectivity index is 0.00000141. The van der Waals surface area contributed by atoms with Crippen molar-refractivity contribution in [2.24, 2.45) is 0 Å². The second kappa shape index (κ2) is 10.7. The summed E-state index contributed by atoms with van der Waals surface area (Å²) in [5.74, 6) is 2.61. The van der Waals surface area contributed by atoms with Crippen LogP contribution in [0.5, 0.6) is 5.75 Å². The van der Waals surface area contributed by atoms with Gasteiger partial charge in [-0.15, -0.1) is 0 Å². The van der Waals surface area contributed by atoms with Crippen LogP contribution in [0, 0.1) is 0 Å². The van der Waals surface area contributed by atoms with Gasteiger partial charge in [0.1, 0.15) is 11.6 Å². The number of halogens is 1. The fourth-order valence-corrected chi connectivity index (χ4v) is 5.26. The summed E-state index contributed by atoms with van der Waals surface area (Å²) < 4.78 is 20.6. The molecule has 35 heavy (non-hydrogen) atoms. The molecule has 1 unspecified atom stereocenters. The quantitative estimate of drug-likeness (QED) is 0.550. The minimum absolute atomic E-state index is 0.0851. The number of alkyl halides is 1. The third-order valence-electron chi connectivity index (χ3n) is 7.09. The fourth-order valence-electron chi connectivity index (χ4n) is 5.26.